The smallest absolute Gasteiger partial charge is 0.338 e. The fourth-order valence-electron chi connectivity index (χ4n) is 3.69. The number of carbonyl (C=O) groups is 1. The molecule has 1 aromatic heterocycles. The van der Waals surface area contributed by atoms with Crippen LogP contribution in [0, 0.1) is 29.6 Å². The number of nitriles is 2. The lowest BCUT2D eigenvalue weighted by atomic mass is 9.83. The van der Waals surface area contributed by atoms with Crippen molar-refractivity contribution in [2.75, 3.05) is 12.4 Å². The van der Waals surface area contributed by atoms with Crippen LogP contribution in [0.25, 0.3) is 0 Å². The molecule has 7 nitrogen and oxygen atoms in total. The van der Waals surface area contributed by atoms with E-state index in [2.05, 4.69) is 17.1 Å². The van der Waals surface area contributed by atoms with Gasteiger partial charge in [0, 0.05) is 10.7 Å². The van der Waals surface area contributed by atoms with Crippen LogP contribution in [0.3, 0.4) is 0 Å². The number of aryl methyl sites for hydroxylation is 2. The van der Waals surface area contributed by atoms with Crippen LogP contribution in [0.15, 0.2) is 58.1 Å². The summed E-state index contributed by atoms with van der Waals surface area (Å²) in [5.74, 6) is -1.22. The topological polar surface area (TPSA) is 122 Å². The first-order valence-electron chi connectivity index (χ1n) is 10.6. The molecule has 174 valence electrons. The van der Waals surface area contributed by atoms with Crippen LogP contribution in [0.1, 0.15) is 42.1 Å². The van der Waals surface area contributed by atoms with E-state index < -0.39 is 11.9 Å². The highest BCUT2D eigenvalue weighted by molar-refractivity contribution is 7.99. The third-order valence-electron chi connectivity index (χ3n) is 5.29. The molecule has 0 saturated heterocycles. The van der Waals surface area contributed by atoms with Crippen LogP contribution in [0.4, 0.5) is 0 Å². The van der Waals surface area contributed by atoms with Crippen LogP contribution < -0.4 is 5.73 Å². The Morgan fingerprint density at radius 1 is 1.29 bits per heavy atom. The Morgan fingerprint density at radius 2 is 2.03 bits per heavy atom. The molecule has 1 atom stereocenters. The number of aromatic nitrogens is 1. The quantitative estimate of drug-likeness (QED) is 0.426. The van der Waals surface area contributed by atoms with Gasteiger partial charge in [0.15, 0.2) is 0 Å². The first-order chi connectivity index (χ1) is 16.4. The lowest BCUT2D eigenvalue weighted by molar-refractivity contribution is -0.139. The van der Waals surface area contributed by atoms with Crippen molar-refractivity contribution in [1.82, 2.24) is 4.98 Å². The van der Waals surface area contributed by atoms with Crippen LogP contribution >= 0.6 is 23.4 Å². The van der Waals surface area contributed by atoms with E-state index in [1.54, 1.807) is 37.3 Å². The van der Waals surface area contributed by atoms with E-state index in [1.165, 1.54) is 11.8 Å². The predicted octanol–water partition coefficient (Wildman–Crippen LogP) is 4.89. The van der Waals surface area contributed by atoms with E-state index in [1.807, 2.05) is 13.8 Å². The largest absolute Gasteiger partial charge is 0.463 e. The number of esters is 1. The van der Waals surface area contributed by atoms with Crippen LogP contribution in [-0.4, -0.2) is 23.3 Å². The zero-order chi connectivity index (χ0) is 24.8. The molecule has 0 fully saturated rings. The van der Waals surface area contributed by atoms with Crippen LogP contribution in [0.5, 0.6) is 0 Å². The number of thioether (sulfide) groups is 1. The van der Waals surface area contributed by atoms with Gasteiger partial charge in [-0.25, -0.2) is 9.78 Å². The van der Waals surface area contributed by atoms with Crippen molar-refractivity contribution in [3.8, 4) is 12.1 Å². The third-order valence-corrected chi connectivity index (χ3v) is 6.62. The lowest BCUT2D eigenvalue weighted by Gasteiger charge is -2.28. The second-order valence-electron chi connectivity index (χ2n) is 7.36. The summed E-state index contributed by atoms with van der Waals surface area (Å²) < 4.78 is 11.1. The lowest BCUT2D eigenvalue weighted by Crippen LogP contribution is -2.27. The van der Waals surface area contributed by atoms with Crippen molar-refractivity contribution in [1.29, 1.82) is 10.5 Å². The number of pyridine rings is 1. The zero-order valence-electron chi connectivity index (χ0n) is 19.0. The van der Waals surface area contributed by atoms with Crippen LogP contribution in [0.2, 0.25) is 5.02 Å². The second-order valence-corrected chi connectivity index (χ2v) is 8.73. The van der Waals surface area contributed by atoms with E-state index in [0.29, 0.717) is 27.6 Å². The van der Waals surface area contributed by atoms with Gasteiger partial charge in [0.25, 0.3) is 0 Å². The Labute approximate surface area is 207 Å². The molecule has 2 aromatic rings. The number of nitrogens with zero attached hydrogens (tertiary/aromatic N) is 3. The maximum absolute atomic E-state index is 13.1. The van der Waals surface area contributed by atoms with Gasteiger partial charge in [-0.1, -0.05) is 48.5 Å². The molecule has 1 aliphatic heterocycles. The fraction of sp³-hybridized carbons (Fsp3) is 0.280. The highest BCUT2D eigenvalue weighted by Crippen LogP contribution is 2.43. The van der Waals surface area contributed by atoms with Gasteiger partial charge in [-0.3, -0.25) is 0 Å². The molecule has 0 radical (unpaired) electrons. The van der Waals surface area contributed by atoms with Crippen molar-refractivity contribution < 1.29 is 14.3 Å². The summed E-state index contributed by atoms with van der Waals surface area (Å²) in [5.41, 5.74) is 9.12. The number of halogens is 1. The molecule has 0 bridgehead atoms. The van der Waals surface area contributed by atoms with Crippen molar-refractivity contribution in [2.24, 2.45) is 5.73 Å². The molecule has 3 rings (SSSR count). The third kappa shape index (κ3) is 5.04. The highest BCUT2D eigenvalue weighted by Gasteiger charge is 2.38. The van der Waals surface area contributed by atoms with Gasteiger partial charge in [-0.2, -0.15) is 10.5 Å². The van der Waals surface area contributed by atoms with Gasteiger partial charge in [-0.05, 0) is 43.5 Å². The van der Waals surface area contributed by atoms with Gasteiger partial charge < -0.3 is 15.2 Å². The monoisotopic (exact) mass is 494 g/mol. The van der Waals surface area contributed by atoms with Crippen molar-refractivity contribution in [2.45, 2.75) is 38.1 Å². The summed E-state index contributed by atoms with van der Waals surface area (Å²) in [5, 5.41) is 20.3. The number of nitrogens with two attached hydrogens (primary N) is 1. The molecule has 0 amide bonds. The minimum Gasteiger partial charge on any atom is -0.463 e. The molecule has 0 saturated carbocycles. The molecule has 0 unspecified atom stereocenters. The van der Waals surface area contributed by atoms with Crippen molar-refractivity contribution in [3.63, 3.8) is 0 Å². The number of allylic oxidation sites excluding steroid dienone is 1. The summed E-state index contributed by atoms with van der Waals surface area (Å²) in [7, 11) is 0. The molecular weight excluding hydrogens is 472 g/mol. The minimum absolute atomic E-state index is 0.0735. The average Bonchev–Trinajstić information content (AvgIpc) is 2.82. The average molecular weight is 495 g/mol. The Hall–Kier alpha value is -3.46. The summed E-state index contributed by atoms with van der Waals surface area (Å²) in [6.45, 7) is 5.73. The molecular formula is C25H23ClN4O3S. The van der Waals surface area contributed by atoms with Crippen molar-refractivity contribution in [3.05, 3.63) is 80.5 Å². The van der Waals surface area contributed by atoms with E-state index in [-0.39, 0.29) is 35.1 Å². The Kier molecular flexibility index (Phi) is 8.22. The summed E-state index contributed by atoms with van der Waals surface area (Å²) in [4.78, 5) is 17.7. The molecule has 2 N–H and O–H groups in total. The number of hydrogen-bond donors (Lipinski definition) is 1. The second kappa shape index (κ2) is 11.1. The standard InChI is InChI=1S/C25H23ClN4O3S/c1-4-19-14(3)10-15(11-27)24(30-19)34-13-20-22(25(31)32-5-2)21(17(12-28)23(29)33-20)16-8-6-7-9-18(16)26/h6-10,21H,4-5,13,29H2,1-3H3/t21-/m1/s1. The number of hydrogen-bond acceptors (Lipinski definition) is 8. The minimum atomic E-state index is -0.852. The Morgan fingerprint density at radius 3 is 2.65 bits per heavy atom. The Bertz CT molecular complexity index is 1270. The fourth-order valence-corrected chi connectivity index (χ4v) is 4.85. The maximum atomic E-state index is 13.1. The van der Waals surface area contributed by atoms with Gasteiger partial charge >= 0.3 is 5.97 Å². The summed E-state index contributed by atoms with van der Waals surface area (Å²) >= 11 is 7.69. The van der Waals surface area contributed by atoms with E-state index in [9.17, 15) is 15.3 Å². The highest BCUT2D eigenvalue weighted by atomic mass is 35.5. The number of ether oxygens (including phenoxy) is 2. The van der Waals surface area contributed by atoms with E-state index >= 15 is 0 Å². The molecule has 1 aliphatic rings. The first kappa shape index (κ1) is 25.2. The van der Waals surface area contributed by atoms with Gasteiger partial charge in [-0.15, -0.1) is 0 Å². The van der Waals surface area contributed by atoms with Gasteiger partial charge in [0.1, 0.15) is 28.5 Å². The SMILES string of the molecule is CCOC(=O)C1=C(CSc2nc(CC)c(C)cc2C#N)OC(N)=C(C#N)[C@H]1c1ccccc1Cl. The molecule has 2 heterocycles. The molecule has 0 aliphatic carbocycles. The molecule has 0 spiro atoms. The number of rotatable bonds is 7. The van der Waals surface area contributed by atoms with Crippen molar-refractivity contribution >= 4 is 29.3 Å². The van der Waals surface area contributed by atoms with E-state index in [4.69, 9.17) is 26.8 Å². The number of benzene rings is 1. The predicted molar refractivity (Wildman–Crippen MR) is 130 cm³/mol. The summed E-state index contributed by atoms with van der Waals surface area (Å²) in [6.07, 6.45) is 0.716. The number of carbonyl (C=O) groups excluding carboxylic acids is 1. The van der Waals surface area contributed by atoms with Gasteiger partial charge in [0.05, 0.1) is 29.4 Å². The Balaban J connectivity index is 2.12. The maximum Gasteiger partial charge on any atom is 0.338 e. The normalized spacial score (nSPS) is 15.4. The summed E-state index contributed by atoms with van der Waals surface area (Å²) in [6, 6.07) is 13.0. The van der Waals surface area contributed by atoms with Gasteiger partial charge in [0.2, 0.25) is 5.88 Å². The molecule has 34 heavy (non-hydrogen) atoms. The molecule has 9 heteroatoms. The van der Waals surface area contributed by atoms with E-state index in [0.717, 1.165) is 11.3 Å². The first-order valence-corrected chi connectivity index (χ1v) is 12.0. The van der Waals surface area contributed by atoms with Crippen LogP contribution in [-0.2, 0) is 20.7 Å². The zero-order valence-corrected chi connectivity index (χ0v) is 20.6. The molecule has 1 aromatic carbocycles.